The molecule has 3 fully saturated rings. The SMILES string of the molecule is CCOC(=O)C=C1C(=O)OC2C1OC1OC(C)(C)OC12. The van der Waals surface area contributed by atoms with Crippen LogP contribution in [-0.4, -0.2) is 48.9 Å². The first kappa shape index (κ1) is 13.5. The molecule has 4 unspecified atom stereocenters. The molecule has 0 aromatic carbocycles. The third-order valence-corrected chi connectivity index (χ3v) is 3.34. The van der Waals surface area contributed by atoms with Crippen LogP contribution in [0.15, 0.2) is 11.6 Å². The molecule has 7 heteroatoms. The predicted octanol–water partition coefficient (Wildman–Crippen LogP) is 0.278. The minimum absolute atomic E-state index is 0.146. The average Bonchev–Trinajstić information content (AvgIpc) is 2.89. The average molecular weight is 284 g/mol. The second-order valence-corrected chi connectivity index (χ2v) is 5.25. The fraction of sp³-hybridized carbons (Fsp3) is 0.692. The van der Waals surface area contributed by atoms with E-state index < -0.39 is 42.3 Å². The fourth-order valence-electron chi connectivity index (χ4n) is 2.62. The minimum Gasteiger partial charge on any atom is -0.463 e. The maximum absolute atomic E-state index is 11.8. The number of ether oxygens (including phenoxy) is 5. The lowest BCUT2D eigenvalue weighted by atomic mass is 10.1. The number of hydrogen-bond donors (Lipinski definition) is 0. The Morgan fingerprint density at radius 3 is 2.80 bits per heavy atom. The van der Waals surface area contributed by atoms with Crippen molar-refractivity contribution < 1.29 is 33.3 Å². The van der Waals surface area contributed by atoms with Gasteiger partial charge in [-0.15, -0.1) is 0 Å². The molecule has 3 saturated heterocycles. The first-order chi connectivity index (χ1) is 9.41. The maximum atomic E-state index is 11.8. The standard InChI is InChI=1S/C13H16O7/c1-4-16-7(14)5-6-8-9(17-11(6)15)10-12(18-8)20-13(2,3)19-10/h5,8-10,12H,4H2,1-3H3. The summed E-state index contributed by atoms with van der Waals surface area (Å²) in [5.74, 6) is -1.96. The Kier molecular flexibility index (Phi) is 3.07. The molecule has 0 amide bonds. The van der Waals surface area contributed by atoms with Gasteiger partial charge in [-0.1, -0.05) is 0 Å². The Morgan fingerprint density at radius 1 is 1.35 bits per heavy atom. The van der Waals surface area contributed by atoms with E-state index >= 15 is 0 Å². The second-order valence-electron chi connectivity index (χ2n) is 5.25. The molecule has 0 aromatic heterocycles. The fourth-order valence-corrected chi connectivity index (χ4v) is 2.62. The van der Waals surface area contributed by atoms with Crippen LogP contribution >= 0.6 is 0 Å². The Hall–Kier alpha value is -1.44. The largest absolute Gasteiger partial charge is 0.463 e. The van der Waals surface area contributed by atoms with Crippen molar-refractivity contribution in [2.75, 3.05) is 6.61 Å². The molecular formula is C13H16O7. The Morgan fingerprint density at radius 2 is 2.10 bits per heavy atom. The minimum atomic E-state index is -0.777. The lowest BCUT2D eigenvalue weighted by Gasteiger charge is -2.20. The van der Waals surface area contributed by atoms with E-state index in [0.717, 1.165) is 6.08 Å². The number of rotatable bonds is 2. The van der Waals surface area contributed by atoms with Crippen molar-refractivity contribution in [1.82, 2.24) is 0 Å². The van der Waals surface area contributed by atoms with Crippen LogP contribution in [0.1, 0.15) is 20.8 Å². The number of esters is 2. The normalized spacial score (nSPS) is 39.5. The summed E-state index contributed by atoms with van der Waals surface area (Å²) in [6.07, 6.45) is -1.21. The van der Waals surface area contributed by atoms with Gasteiger partial charge < -0.3 is 23.7 Å². The van der Waals surface area contributed by atoms with Crippen LogP contribution in [0.4, 0.5) is 0 Å². The Bertz CT molecular complexity index is 481. The van der Waals surface area contributed by atoms with Crippen molar-refractivity contribution in [3.63, 3.8) is 0 Å². The van der Waals surface area contributed by atoms with Gasteiger partial charge in [0.15, 0.2) is 24.3 Å². The van der Waals surface area contributed by atoms with Gasteiger partial charge in [-0.25, -0.2) is 9.59 Å². The van der Waals surface area contributed by atoms with Gasteiger partial charge in [-0.3, -0.25) is 0 Å². The molecule has 0 radical (unpaired) electrons. The van der Waals surface area contributed by atoms with Gasteiger partial charge in [0, 0.05) is 6.08 Å². The van der Waals surface area contributed by atoms with E-state index in [9.17, 15) is 9.59 Å². The van der Waals surface area contributed by atoms with Crippen LogP contribution in [-0.2, 0) is 33.3 Å². The zero-order valence-corrected chi connectivity index (χ0v) is 11.5. The van der Waals surface area contributed by atoms with Gasteiger partial charge in [0.05, 0.1) is 12.2 Å². The van der Waals surface area contributed by atoms with Gasteiger partial charge in [-0.05, 0) is 20.8 Å². The molecule has 4 atom stereocenters. The molecule has 3 rings (SSSR count). The molecule has 0 N–H and O–H groups in total. The van der Waals surface area contributed by atoms with E-state index in [1.807, 2.05) is 0 Å². The number of hydrogen-bond acceptors (Lipinski definition) is 7. The molecule has 20 heavy (non-hydrogen) atoms. The first-order valence-electron chi connectivity index (χ1n) is 6.52. The third kappa shape index (κ3) is 2.11. The topological polar surface area (TPSA) is 80.3 Å². The van der Waals surface area contributed by atoms with Crippen molar-refractivity contribution in [1.29, 1.82) is 0 Å². The molecule has 3 aliphatic heterocycles. The maximum Gasteiger partial charge on any atom is 0.337 e. The van der Waals surface area contributed by atoms with Gasteiger partial charge in [0.25, 0.3) is 0 Å². The summed E-state index contributed by atoms with van der Waals surface area (Å²) >= 11 is 0. The van der Waals surface area contributed by atoms with Crippen LogP contribution in [0.5, 0.6) is 0 Å². The number of carbonyl (C=O) groups is 2. The van der Waals surface area contributed by atoms with Crippen LogP contribution in [0.25, 0.3) is 0 Å². The van der Waals surface area contributed by atoms with Crippen molar-refractivity contribution in [2.45, 2.75) is 51.2 Å². The third-order valence-electron chi connectivity index (χ3n) is 3.34. The highest BCUT2D eigenvalue weighted by molar-refractivity contribution is 5.99. The van der Waals surface area contributed by atoms with E-state index in [4.69, 9.17) is 23.7 Å². The van der Waals surface area contributed by atoms with Crippen molar-refractivity contribution >= 4 is 11.9 Å². The molecule has 3 heterocycles. The molecule has 0 aromatic rings. The monoisotopic (exact) mass is 284 g/mol. The van der Waals surface area contributed by atoms with Crippen LogP contribution in [0.2, 0.25) is 0 Å². The van der Waals surface area contributed by atoms with Crippen LogP contribution in [0.3, 0.4) is 0 Å². The lowest BCUT2D eigenvalue weighted by Crippen LogP contribution is -2.32. The molecular weight excluding hydrogens is 268 g/mol. The van der Waals surface area contributed by atoms with Crippen LogP contribution < -0.4 is 0 Å². The number of fused-ring (bicyclic) bond motifs is 3. The lowest BCUT2D eigenvalue weighted by molar-refractivity contribution is -0.207. The highest BCUT2D eigenvalue weighted by Crippen LogP contribution is 2.43. The zero-order valence-electron chi connectivity index (χ0n) is 11.5. The van der Waals surface area contributed by atoms with E-state index in [0.29, 0.717) is 0 Å². The van der Waals surface area contributed by atoms with E-state index in [-0.39, 0.29) is 12.2 Å². The molecule has 0 spiro atoms. The molecule has 0 saturated carbocycles. The smallest absolute Gasteiger partial charge is 0.337 e. The van der Waals surface area contributed by atoms with Crippen molar-refractivity contribution in [3.05, 3.63) is 11.6 Å². The van der Waals surface area contributed by atoms with E-state index in [2.05, 4.69) is 0 Å². The molecule has 3 aliphatic rings. The second kappa shape index (κ2) is 4.54. The van der Waals surface area contributed by atoms with Crippen molar-refractivity contribution in [3.8, 4) is 0 Å². The Balaban J connectivity index is 1.79. The van der Waals surface area contributed by atoms with Gasteiger partial charge in [-0.2, -0.15) is 0 Å². The molecule has 0 bridgehead atoms. The summed E-state index contributed by atoms with van der Waals surface area (Å²) in [4.78, 5) is 23.3. The van der Waals surface area contributed by atoms with Gasteiger partial charge in [0.1, 0.15) is 6.10 Å². The summed E-state index contributed by atoms with van der Waals surface area (Å²) in [6.45, 7) is 5.44. The van der Waals surface area contributed by atoms with E-state index in [1.54, 1.807) is 20.8 Å². The highest BCUT2D eigenvalue weighted by atomic mass is 16.8. The molecule has 110 valence electrons. The molecule has 0 aliphatic carbocycles. The predicted molar refractivity (Wildman–Crippen MR) is 63.3 cm³/mol. The number of carbonyl (C=O) groups excluding carboxylic acids is 2. The zero-order chi connectivity index (χ0) is 14.5. The summed E-state index contributed by atoms with van der Waals surface area (Å²) in [7, 11) is 0. The van der Waals surface area contributed by atoms with Gasteiger partial charge >= 0.3 is 11.9 Å². The van der Waals surface area contributed by atoms with Crippen LogP contribution in [0, 0.1) is 0 Å². The van der Waals surface area contributed by atoms with Gasteiger partial charge in [0.2, 0.25) is 0 Å². The van der Waals surface area contributed by atoms with Crippen molar-refractivity contribution in [2.24, 2.45) is 0 Å². The summed E-state index contributed by atoms with van der Waals surface area (Å²) < 4.78 is 26.9. The Labute approximate surface area is 115 Å². The first-order valence-corrected chi connectivity index (χ1v) is 6.52. The quantitative estimate of drug-likeness (QED) is 0.532. The molecule has 7 nitrogen and oxygen atoms in total. The summed E-state index contributed by atoms with van der Waals surface area (Å²) in [5, 5.41) is 0. The highest BCUT2D eigenvalue weighted by Gasteiger charge is 2.61. The van der Waals surface area contributed by atoms with E-state index in [1.165, 1.54) is 0 Å². The summed E-state index contributed by atoms with van der Waals surface area (Å²) in [5.41, 5.74) is 0.146. The summed E-state index contributed by atoms with van der Waals surface area (Å²) in [6, 6.07) is 0.